The summed E-state index contributed by atoms with van der Waals surface area (Å²) in [6.07, 6.45) is 0.709. The van der Waals surface area contributed by atoms with E-state index in [0.717, 1.165) is 5.56 Å². The zero-order valence-corrected chi connectivity index (χ0v) is 12.8. The van der Waals surface area contributed by atoms with E-state index in [0.29, 0.717) is 23.9 Å². The summed E-state index contributed by atoms with van der Waals surface area (Å²) in [7, 11) is 1.72. The second-order valence-corrected chi connectivity index (χ2v) is 5.31. The predicted molar refractivity (Wildman–Crippen MR) is 89.5 cm³/mol. The van der Waals surface area contributed by atoms with E-state index in [4.69, 9.17) is 0 Å². The molecule has 5 heteroatoms. The highest BCUT2D eigenvalue weighted by Gasteiger charge is 2.15. The molecule has 1 amide bonds. The average molecular weight is 307 g/mol. The Balaban J connectivity index is 1.79. The van der Waals surface area contributed by atoms with Gasteiger partial charge in [-0.05, 0) is 24.1 Å². The number of hydrogen-bond donors (Lipinski definition) is 1. The summed E-state index contributed by atoms with van der Waals surface area (Å²) in [5.74, 6) is -0.438. The summed E-state index contributed by atoms with van der Waals surface area (Å²) in [5.41, 5.74) is 1.43. The lowest BCUT2D eigenvalue weighted by atomic mass is 10.1. The molecule has 0 aliphatic carbocycles. The molecule has 0 radical (unpaired) electrons. The molecule has 0 atom stereocenters. The molecule has 1 heterocycles. The monoisotopic (exact) mass is 307 g/mol. The lowest BCUT2D eigenvalue weighted by Crippen LogP contribution is -2.33. The van der Waals surface area contributed by atoms with Crippen LogP contribution in [0, 0.1) is 0 Å². The van der Waals surface area contributed by atoms with Gasteiger partial charge >= 0.3 is 0 Å². The third-order valence-electron chi connectivity index (χ3n) is 3.72. The van der Waals surface area contributed by atoms with Crippen LogP contribution in [0.5, 0.6) is 0 Å². The molecule has 0 unspecified atom stereocenters. The van der Waals surface area contributed by atoms with Gasteiger partial charge in [0.25, 0.3) is 5.91 Å². The van der Waals surface area contributed by atoms with Crippen molar-refractivity contribution in [2.75, 3.05) is 6.54 Å². The molecular formula is C18H17N3O2. The number of aromatic nitrogens is 2. The van der Waals surface area contributed by atoms with Crippen LogP contribution in [0.15, 0.2) is 59.4 Å². The van der Waals surface area contributed by atoms with E-state index in [1.54, 1.807) is 29.9 Å². The van der Waals surface area contributed by atoms with Crippen molar-refractivity contribution >= 4 is 16.8 Å². The first kappa shape index (κ1) is 15.0. The minimum absolute atomic E-state index is 0.0701. The van der Waals surface area contributed by atoms with Gasteiger partial charge in [-0.2, -0.15) is 5.10 Å². The largest absolute Gasteiger partial charge is 0.350 e. The van der Waals surface area contributed by atoms with Crippen LogP contribution in [0.4, 0.5) is 0 Å². The predicted octanol–water partition coefficient (Wildman–Crippen LogP) is 1.91. The van der Waals surface area contributed by atoms with Crippen LogP contribution in [-0.2, 0) is 13.5 Å². The summed E-state index contributed by atoms with van der Waals surface area (Å²) in [6.45, 7) is 0.459. The van der Waals surface area contributed by atoms with Gasteiger partial charge in [0, 0.05) is 19.0 Å². The molecule has 1 aromatic heterocycles. The summed E-state index contributed by atoms with van der Waals surface area (Å²) >= 11 is 0. The first-order chi connectivity index (χ1) is 11.2. The third kappa shape index (κ3) is 3.13. The lowest BCUT2D eigenvalue weighted by Gasteiger charge is -2.08. The van der Waals surface area contributed by atoms with Gasteiger partial charge in [0.15, 0.2) is 5.69 Å². The van der Waals surface area contributed by atoms with Gasteiger partial charge in [-0.25, -0.2) is 0 Å². The second kappa shape index (κ2) is 6.44. The number of benzene rings is 2. The standard InChI is InChI=1S/C18H17N3O2/c1-21-15-10-6-5-9-14(15)17(22)16(20-21)18(23)19-12-11-13-7-3-2-4-8-13/h2-10H,11-12H2,1H3,(H,19,23). The van der Waals surface area contributed by atoms with Crippen molar-refractivity contribution in [3.63, 3.8) is 0 Å². The second-order valence-electron chi connectivity index (χ2n) is 5.31. The first-order valence-electron chi connectivity index (χ1n) is 7.45. The van der Waals surface area contributed by atoms with Crippen molar-refractivity contribution in [3.05, 3.63) is 76.1 Å². The average Bonchev–Trinajstić information content (AvgIpc) is 2.59. The number of aryl methyl sites for hydroxylation is 1. The molecule has 0 spiro atoms. The Morgan fingerprint density at radius 2 is 1.78 bits per heavy atom. The van der Waals surface area contributed by atoms with Crippen LogP contribution in [0.25, 0.3) is 10.9 Å². The zero-order chi connectivity index (χ0) is 16.2. The van der Waals surface area contributed by atoms with Gasteiger partial charge in [0.1, 0.15) is 0 Å². The van der Waals surface area contributed by atoms with Crippen LogP contribution < -0.4 is 10.7 Å². The fourth-order valence-electron chi connectivity index (χ4n) is 2.52. The molecule has 3 aromatic rings. The summed E-state index contributed by atoms with van der Waals surface area (Å²) in [4.78, 5) is 24.7. The summed E-state index contributed by atoms with van der Waals surface area (Å²) < 4.78 is 1.56. The van der Waals surface area contributed by atoms with Gasteiger partial charge in [0.2, 0.25) is 5.43 Å². The molecule has 116 valence electrons. The smallest absolute Gasteiger partial charge is 0.275 e. The number of carbonyl (C=O) groups excluding carboxylic acids is 1. The molecule has 1 N–H and O–H groups in total. The highest BCUT2D eigenvalue weighted by atomic mass is 16.2. The first-order valence-corrected chi connectivity index (χ1v) is 7.45. The van der Waals surface area contributed by atoms with Crippen molar-refractivity contribution < 1.29 is 4.79 Å². The van der Waals surface area contributed by atoms with Gasteiger partial charge in [-0.1, -0.05) is 42.5 Å². The quantitative estimate of drug-likeness (QED) is 0.801. The Morgan fingerprint density at radius 3 is 2.57 bits per heavy atom. The molecule has 0 fully saturated rings. The minimum Gasteiger partial charge on any atom is -0.350 e. The molecule has 2 aromatic carbocycles. The molecule has 23 heavy (non-hydrogen) atoms. The normalized spacial score (nSPS) is 10.7. The minimum atomic E-state index is -0.438. The number of para-hydroxylation sites is 1. The van der Waals surface area contributed by atoms with E-state index in [9.17, 15) is 9.59 Å². The fraction of sp³-hybridized carbons (Fsp3) is 0.167. The van der Waals surface area contributed by atoms with Crippen LogP contribution in [0.3, 0.4) is 0 Å². The van der Waals surface area contributed by atoms with E-state index in [1.165, 1.54) is 0 Å². The number of nitrogens with one attached hydrogen (secondary N) is 1. The van der Waals surface area contributed by atoms with Crippen molar-refractivity contribution in [1.82, 2.24) is 15.1 Å². The third-order valence-corrected chi connectivity index (χ3v) is 3.72. The highest BCUT2D eigenvalue weighted by molar-refractivity contribution is 5.95. The number of fused-ring (bicyclic) bond motifs is 1. The summed E-state index contributed by atoms with van der Waals surface area (Å²) in [6, 6.07) is 17.0. The van der Waals surface area contributed by atoms with E-state index in [-0.39, 0.29) is 11.1 Å². The molecule has 5 nitrogen and oxygen atoms in total. The van der Waals surface area contributed by atoms with Gasteiger partial charge < -0.3 is 5.32 Å². The number of carbonyl (C=O) groups is 1. The maximum atomic E-state index is 12.4. The molecule has 0 bridgehead atoms. The molecular weight excluding hydrogens is 290 g/mol. The zero-order valence-electron chi connectivity index (χ0n) is 12.8. The number of hydrogen-bond acceptors (Lipinski definition) is 3. The van der Waals surface area contributed by atoms with Gasteiger partial charge in [-0.15, -0.1) is 0 Å². The lowest BCUT2D eigenvalue weighted by molar-refractivity contribution is 0.0946. The maximum absolute atomic E-state index is 12.4. The van der Waals surface area contributed by atoms with Crippen molar-refractivity contribution in [2.45, 2.75) is 6.42 Å². The highest BCUT2D eigenvalue weighted by Crippen LogP contribution is 2.08. The van der Waals surface area contributed by atoms with E-state index >= 15 is 0 Å². The Kier molecular flexibility index (Phi) is 4.19. The number of rotatable bonds is 4. The van der Waals surface area contributed by atoms with Crippen LogP contribution in [-0.4, -0.2) is 22.2 Å². The Hall–Kier alpha value is -2.95. The number of nitrogens with zero attached hydrogens (tertiary/aromatic N) is 2. The Bertz CT molecular complexity index is 901. The molecule has 0 saturated carbocycles. The van der Waals surface area contributed by atoms with E-state index < -0.39 is 5.91 Å². The van der Waals surface area contributed by atoms with E-state index in [1.807, 2.05) is 36.4 Å². The molecule has 3 rings (SSSR count). The molecule has 0 aliphatic rings. The molecule has 0 saturated heterocycles. The van der Waals surface area contributed by atoms with Crippen LogP contribution in [0.1, 0.15) is 16.1 Å². The Morgan fingerprint density at radius 1 is 1.09 bits per heavy atom. The van der Waals surface area contributed by atoms with Crippen molar-refractivity contribution in [2.24, 2.45) is 7.05 Å². The summed E-state index contributed by atoms with van der Waals surface area (Å²) in [5, 5.41) is 7.38. The van der Waals surface area contributed by atoms with Crippen molar-refractivity contribution in [3.8, 4) is 0 Å². The van der Waals surface area contributed by atoms with E-state index in [2.05, 4.69) is 10.4 Å². The van der Waals surface area contributed by atoms with Crippen LogP contribution >= 0.6 is 0 Å². The fourth-order valence-corrected chi connectivity index (χ4v) is 2.52. The van der Waals surface area contributed by atoms with Gasteiger partial charge in [-0.3, -0.25) is 14.3 Å². The SMILES string of the molecule is Cn1nc(C(=O)NCCc2ccccc2)c(=O)c2ccccc21. The van der Waals surface area contributed by atoms with Crippen LogP contribution in [0.2, 0.25) is 0 Å². The molecule has 0 aliphatic heterocycles. The topological polar surface area (TPSA) is 64.0 Å². The maximum Gasteiger partial charge on any atom is 0.275 e. The van der Waals surface area contributed by atoms with Gasteiger partial charge in [0.05, 0.1) is 5.52 Å². The Labute approximate surface area is 133 Å². The number of amides is 1. The van der Waals surface area contributed by atoms with Crippen molar-refractivity contribution in [1.29, 1.82) is 0 Å².